The molecule has 2 amide bonds. The first-order valence-corrected chi connectivity index (χ1v) is 8.93. The van der Waals surface area contributed by atoms with Gasteiger partial charge in [-0.1, -0.05) is 36.4 Å². The van der Waals surface area contributed by atoms with Gasteiger partial charge in [0.1, 0.15) is 5.75 Å². The molecule has 0 unspecified atom stereocenters. The smallest absolute Gasteiger partial charge is 0.246 e. The normalized spacial score (nSPS) is 10.7. The summed E-state index contributed by atoms with van der Waals surface area (Å²) < 4.78 is 5.54. The van der Waals surface area contributed by atoms with Crippen molar-refractivity contribution in [2.75, 3.05) is 25.5 Å². The number of carbonyl (C=O) groups excluding carboxylic acids is 2. The number of carbonyl (C=O) groups is 2. The molecule has 0 spiro atoms. The van der Waals surface area contributed by atoms with Gasteiger partial charge in [-0.25, -0.2) is 0 Å². The highest BCUT2D eigenvalue weighted by Gasteiger charge is 2.13. The fourth-order valence-electron chi connectivity index (χ4n) is 2.68. The Kier molecular flexibility index (Phi) is 7.17. The van der Waals surface area contributed by atoms with Crippen molar-refractivity contribution in [2.24, 2.45) is 0 Å². The van der Waals surface area contributed by atoms with E-state index >= 15 is 0 Å². The summed E-state index contributed by atoms with van der Waals surface area (Å²) in [5.74, 6) is 0.240. The van der Waals surface area contributed by atoms with Gasteiger partial charge in [0.2, 0.25) is 11.8 Å². The van der Waals surface area contributed by atoms with Crippen LogP contribution in [0.3, 0.4) is 0 Å². The van der Waals surface area contributed by atoms with Crippen LogP contribution in [0.5, 0.6) is 5.75 Å². The topological polar surface area (TPSA) is 58.6 Å². The number of hydrogen-bond acceptors (Lipinski definition) is 3. The molecule has 2 aromatic carbocycles. The Morgan fingerprint density at radius 1 is 1.07 bits per heavy atom. The molecular formula is C22H26N2O3. The van der Waals surface area contributed by atoms with Crippen molar-refractivity contribution in [3.05, 3.63) is 65.2 Å². The molecule has 0 saturated carbocycles. The molecule has 142 valence electrons. The zero-order chi connectivity index (χ0) is 19.8. The molecule has 0 aliphatic heterocycles. The van der Waals surface area contributed by atoms with Crippen LogP contribution in [0.2, 0.25) is 0 Å². The van der Waals surface area contributed by atoms with Gasteiger partial charge in [0.15, 0.2) is 0 Å². The number of hydrogen-bond donors (Lipinski definition) is 1. The van der Waals surface area contributed by atoms with Crippen LogP contribution in [0.1, 0.15) is 23.6 Å². The molecule has 27 heavy (non-hydrogen) atoms. The van der Waals surface area contributed by atoms with E-state index in [1.54, 1.807) is 13.1 Å². The van der Waals surface area contributed by atoms with E-state index < -0.39 is 0 Å². The number of aryl methyl sites for hydroxylation is 2. The third-order valence-electron chi connectivity index (χ3n) is 4.13. The van der Waals surface area contributed by atoms with E-state index in [-0.39, 0.29) is 18.4 Å². The lowest BCUT2D eigenvalue weighted by Crippen LogP contribution is -2.34. The minimum Gasteiger partial charge on any atom is -0.493 e. The number of likely N-dealkylation sites (N-methyl/N-ethyl adjacent to an activating group) is 1. The summed E-state index contributed by atoms with van der Waals surface area (Å²) in [4.78, 5) is 26.0. The van der Waals surface area contributed by atoms with Gasteiger partial charge in [-0.2, -0.15) is 0 Å². The fraction of sp³-hybridized carbons (Fsp3) is 0.273. The first-order chi connectivity index (χ1) is 12.9. The van der Waals surface area contributed by atoms with E-state index in [2.05, 4.69) is 5.32 Å². The second-order valence-electron chi connectivity index (χ2n) is 6.31. The number of nitrogens with one attached hydrogen (secondary N) is 1. The van der Waals surface area contributed by atoms with Crippen molar-refractivity contribution in [2.45, 2.75) is 20.8 Å². The number of rotatable bonds is 7. The monoisotopic (exact) mass is 366 g/mol. The van der Waals surface area contributed by atoms with Crippen LogP contribution in [-0.4, -0.2) is 36.9 Å². The number of benzene rings is 2. The highest BCUT2D eigenvalue weighted by atomic mass is 16.5. The van der Waals surface area contributed by atoms with E-state index in [0.29, 0.717) is 6.61 Å². The lowest BCUT2D eigenvalue weighted by Gasteiger charge is -2.17. The van der Waals surface area contributed by atoms with Crippen LogP contribution in [0.15, 0.2) is 48.5 Å². The number of ether oxygens (including phenoxy) is 1. The van der Waals surface area contributed by atoms with Gasteiger partial charge in [-0.15, -0.1) is 0 Å². The molecule has 0 atom stereocenters. The highest BCUT2D eigenvalue weighted by molar-refractivity contribution is 5.98. The van der Waals surface area contributed by atoms with Crippen molar-refractivity contribution in [1.29, 1.82) is 0 Å². The van der Waals surface area contributed by atoms with Crippen molar-refractivity contribution >= 4 is 23.6 Å². The predicted molar refractivity (Wildman–Crippen MR) is 109 cm³/mol. The van der Waals surface area contributed by atoms with Crippen LogP contribution in [0, 0.1) is 13.8 Å². The first-order valence-electron chi connectivity index (χ1n) is 8.93. The summed E-state index contributed by atoms with van der Waals surface area (Å²) in [5, 5.41) is 2.89. The zero-order valence-corrected chi connectivity index (χ0v) is 16.3. The fourth-order valence-corrected chi connectivity index (χ4v) is 2.68. The lowest BCUT2D eigenvalue weighted by atomic mass is 10.1. The minimum atomic E-state index is -0.252. The highest BCUT2D eigenvalue weighted by Crippen LogP contribution is 2.20. The van der Waals surface area contributed by atoms with Crippen molar-refractivity contribution in [1.82, 2.24) is 4.90 Å². The van der Waals surface area contributed by atoms with Gasteiger partial charge >= 0.3 is 0 Å². The lowest BCUT2D eigenvalue weighted by molar-refractivity contribution is -0.129. The van der Waals surface area contributed by atoms with Gasteiger partial charge < -0.3 is 15.0 Å². The second-order valence-corrected chi connectivity index (χ2v) is 6.31. The second kappa shape index (κ2) is 9.57. The van der Waals surface area contributed by atoms with Crippen LogP contribution in [0.25, 0.3) is 6.08 Å². The molecule has 0 bridgehead atoms. The van der Waals surface area contributed by atoms with Crippen LogP contribution < -0.4 is 10.1 Å². The van der Waals surface area contributed by atoms with Crippen LogP contribution >= 0.6 is 0 Å². The maximum Gasteiger partial charge on any atom is 0.246 e. The number of para-hydroxylation sites is 2. The van der Waals surface area contributed by atoms with Crippen molar-refractivity contribution in [3.63, 3.8) is 0 Å². The third-order valence-corrected chi connectivity index (χ3v) is 4.13. The van der Waals surface area contributed by atoms with Crippen molar-refractivity contribution < 1.29 is 14.3 Å². The summed E-state index contributed by atoms with van der Waals surface area (Å²) in [7, 11) is 1.60. The van der Waals surface area contributed by atoms with E-state index in [1.165, 1.54) is 11.0 Å². The van der Waals surface area contributed by atoms with Crippen LogP contribution in [0.4, 0.5) is 5.69 Å². The molecule has 2 rings (SSSR count). The number of nitrogens with zero attached hydrogens (tertiary/aromatic N) is 1. The molecule has 0 aromatic heterocycles. The average molecular weight is 366 g/mol. The largest absolute Gasteiger partial charge is 0.493 e. The van der Waals surface area contributed by atoms with Crippen LogP contribution in [-0.2, 0) is 9.59 Å². The third kappa shape index (κ3) is 5.71. The maximum atomic E-state index is 12.3. The summed E-state index contributed by atoms with van der Waals surface area (Å²) in [6.45, 7) is 6.32. The Balaban J connectivity index is 1.98. The van der Waals surface area contributed by atoms with Gasteiger partial charge in [0.25, 0.3) is 0 Å². The summed E-state index contributed by atoms with van der Waals surface area (Å²) in [6, 6.07) is 13.3. The van der Waals surface area contributed by atoms with E-state index in [9.17, 15) is 9.59 Å². The van der Waals surface area contributed by atoms with E-state index in [4.69, 9.17) is 4.74 Å². The molecule has 0 radical (unpaired) electrons. The zero-order valence-electron chi connectivity index (χ0n) is 16.3. The first kappa shape index (κ1) is 20.2. The molecule has 5 heteroatoms. The molecule has 1 N–H and O–H groups in total. The molecule has 5 nitrogen and oxygen atoms in total. The Bertz CT molecular complexity index is 823. The summed E-state index contributed by atoms with van der Waals surface area (Å²) in [5.41, 5.74) is 3.60. The average Bonchev–Trinajstić information content (AvgIpc) is 2.64. The van der Waals surface area contributed by atoms with Gasteiger partial charge in [0, 0.05) is 24.4 Å². The van der Waals surface area contributed by atoms with E-state index in [0.717, 1.165) is 28.1 Å². The molecular weight excluding hydrogens is 340 g/mol. The summed E-state index contributed by atoms with van der Waals surface area (Å²) >= 11 is 0. The van der Waals surface area contributed by atoms with Crippen molar-refractivity contribution in [3.8, 4) is 5.75 Å². The SMILES string of the molecule is CCOc1ccccc1/C=C/C(=O)N(C)CC(=O)Nc1c(C)cccc1C. The molecule has 0 fully saturated rings. The molecule has 2 aromatic rings. The Morgan fingerprint density at radius 3 is 2.41 bits per heavy atom. The standard InChI is InChI=1S/C22H26N2O3/c1-5-27-19-12-7-6-11-18(19)13-14-21(26)24(4)15-20(25)23-22-16(2)9-8-10-17(22)3/h6-14H,5,15H2,1-4H3,(H,23,25)/b14-13+. The van der Waals surface area contributed by atoms with Gasteiger partial charge in [-0.3, -0.25) is 9.59 Å². The number of anilines is 1. The molecule has 0 aliphatic carbocycles. The molecule has 0 heterocycles. The number of amides is 2. The quantitative estimate of drug-likeness (QED) is 0.758. The molecule has 0 saturated heterocycles. The predicted octanol–water partition coefficient (Wildman–Crippen LogP) is 3.81. The molecule has 0 aliphatic rings. The van der Waals surface area contributed by atoms with Gasteiger partial charge in [0.05, 0.1) is 13.2 Å². The Labute approximate surface area is 160 Å². The Hall–Kier alpha value is -3.08. The summed E-state index contributed by atoms with van der Waals surface area (Å²) in [6.07, 6.45) is 3.15. The minimum absolute atomic E-state index is 0.0238. The Morgan fingerprint density at radius 2 is 1.74 bits per heavy atom. The van der Waals surface area contributed by atoms with E-state index in [1.807, 2.05) is 63.2 Å². The maximum absolute atomic E-state index is 12.3. The van der Waals surface area contributed by atoms with Gasteiger partial charge in [-0.05, 0) is 44.0 Å².